The van der Waals surface area contributed by atoms with E-state index in [-0.39, 0.29) is 17.9 Å². The van der Waals surface area contributed by atoms with Crippen molar-refractivity contribution in [2.24, 2.45) is 0 Å². The van der Waals surface area contributed by atoms with E-state index in [1.807, 2.05) is 48.2 Å². The van der Waals surface area contributed by atoms with Gasteiger partial charge in [-0.05, 0) is 48.9 Å². The van der Waals surface area contributed by atoms with Gasteiger partial charge in [0.25, 0.3) is 0 Å². The minimum absolute atomic E-state index is 0.0445. The Hall–Kier alpha value is -3.54. The maximum atomic E-state index is 12.1. The highest BCUT2D eigenvalue weighted by Gasteiger charge is 2.47. The monoisotopic (exact) mass is 430 g/mol. The summed E-state index contributed by atoms with van der Waals surface area (Å²) < 4.78 is 5.30. The molecule has 0 bridgehead atoms. The number of fused-ring (bicyclic) bond motifs is 1. The topological polar surface area (TPSA) is 66.5 Å². The van der Waals surface area contributed by atoms with Crippen LogP contribution in [-0.4, -0.2) is 38.1 Å². The molecule has 3 aromatic rings. The molecule has 1 aliphatic rings. The largest absolute Gasteiger partial charge is 0.497 e. The van der Waals surface area contributed by atoms with Crippen molar-refractivity contribution in [3.63, 3.8) is 0 Å². The minimum atomic E-state index is -0.0910. The van der Waals surface area contributed by atoms with Gasteiger partial charge in [0, 0.05) is 30.1 Å². The lowest BCUT2D eigenvalue weighted by atomic mass is 9.92. The lowest BCUT2D eigenvalue weighted by Crippen LogP contribution is -2.36. The summed E-state index contributed by atoms with van der Waals surface area (Å²) in [6.07, 6.45) is 2.09. The van der Waals surface area contributed by atoms with Gasteiger partial charge in [-0.2, -0.15) is 0 Å². The molecule has 2 N–H and O–H groups in total. The second-order valence-corrected chi connectivity index (χ2v) is 8.15. The van der Waals surface area contributed by atoms with Crippen molar-refractivity contribution in [2.45, 2.75) is 25.2 Å². The van der Waals surface area contributed by atoms with Gasteiger partial charge in [-0.25, -0.2) is 4.98 Å². The summed E-state index contributed by atoms with van der Waals surface area (Å²) in [5.74, 6) is 2.33. The summed E-state index contributed by atoms with van der Waals surface area (Å²) in [6, 6.07) is 18.4. The number of methoxy groups -OCH3 is 1. The highest BCUT2D eigenvalue weighted by atomic mass is 16.5. The second kappa shape index (κ2) is 8.91. The molecule has 0 atom stereocenters. The van der Waals surface area contributed by atoms with Crippen LogP contribution in [0.1, 0.15) is 25.3 Å². The molecule has 1 saturated carbocycles. The number of benzene rings is 2. The van der Waals surface area contributed by atoms with Crippen molar-refractivity contribution in [2.75, 3.05) is 37.5 Å². The van der Waals surface area contributed by atoms with Crippen molar-refractivity contribution in [3.05, 3.63) is 72.4 Å². The first-order valence-electron chi connectivity index (χ1n) is 11.0. The first kappa shape index (κ1) is 21.7. The van der Waals surface area contributed by atoms with Crippen LogP contribution in [0.3, 0.4) is 0 Å². The zero-order valence-corrected chi connectivity index (χ0v) is 18.9. The van der Waals surface area contributed by atoms with Gasteiger partial charge in [0.2, 0.25) is 5.91 Å². The summed E-state index contributed by atoms with van der Waals surface area (Å²) in [5, 5.41) is 8.27. The molecule has 0 saturated heterocycles. The summed E-state index contributed by atoms with van der Waals surface area (Å²) in [7, 11) is 3.33. The Morgan fingerprint density at radius 1 is 1.19 bits per heavy atom. The number of hydrogen-bond donors (Lipinski definition) is 2. The summed E-state index contributed by atoms with van der Waals surface area (Å²) in [6.45, 7) is 7.33. The van der Waals surface area contributed by atoms with Crippen LogP contribution in [0.25, 0.3) is 10.8 Å². The summed E-state index contributed by atoms with van der Waals surface area (Å²) in [5.41, 5.74) is 2.07. The Morgan fingerprint density at radius 3 is 2.53 bits per heavy atom. The first-order valence-corrected chi connectivity index (χ1v) is 11.0. The first-order chi connectivity index (χ1) is 15.5. The molecule has 6 heteroatoms. The highest BCUT2D eigenvalue weighted by Crippen LogP contribution is 2.53. The molecule has 32 heavy (non-hydrogen) atoms. The molecule has 1 amide bonds. The second-order valence-electron chi connectivity index (χ2n) is 8.15. The van der Waals surface area contributed by atoms with Crippen molar-refractivity contribution >= 4 is 28.3 Å². The quantitative estimate of drug-likeness (QED) is 0.524. The number of rotatable bonds is 9. The molecular formula is C26H30N4O2. The van der Waals surface area contributed by atoms with E-state index in [0.717, 1.165) is 46.7 Å². The highest BCUT2D eigenvalue weighted by molar-refractivity contribution is 5.95. The number of carbonyl (C=O) groups is 1. The number of amides is 1. The minimum Gasteiger partial charge on any atom is -0.497 e. The fourth-order valence-corrected chi connectivity index (χ4v) is 4.15. The predicted octanol–water partition coefficient (Wildman–Crippen LogP) is 4.47. The van der Waals surface area contributed by atoms with Crippen molar-refractivity contribution < 1.29 is 9.53 Å². The molecule has 1 aliphatic carbocycles. The van der Waals surface area contributed by atoms with E-state index in [0.29, 0.717) is 6.54 Å². The lowest BCUT2D eigenvalue weighted by molar-refractivity contribution is -0.119. The third-order valence-corrected chi connectivity index (χ3v) is 6.26. The molecule has 0 radical (unpaired) electrons. The normalized spacial score (nSPS) is 14.0. The van der Waals surface area contributed by atoms with Crippen LogP contribution >= 0.6 is 0 Å². The number of carbonyl (C=O) groups excluding carboxylic acids is 1. The molecule has 166 valence electrons. The van der Waals surface area contributed by atoms with E-state index in [9.17, 15) is 4.79 Å². The Kier molecular flexibility index (Phi) is 6.04. The Balaban J connectivity index is 1.65. The fourth-order valence-electron chi connectivity index (χ4n) is 4.15. The van der Waals surface area contributed by atoms with Crippen molar-refractivity contribution in [1.29, 1.82) is 0 Å². The summed E-state index contributed by atoms with van der Waals surface area (Å²) >= 11 is 0. The van der Waals surface area contributed by atoms with E-state index in [1.165, 1.54) is 5.56 Å². The van der Waals surface area contributed by atoms with Gasteiger partial charge in [-0.1, -0.05) is 43.0 Å². The van der Waals surface area contributed by atoms with Gasteiger partial charge in [-0.3, -0.25) is 4.79 Å². The Bertz CT molecular complexity index is 1140. The molecule has 4 rings (SSSR count). The third kappa shape index (κ3) is 4.13. The third-order valence-electron chi connectivity index (χ3n) is 6.26. The van der Waals surface area contributed by atoms with Gasteiger partial charge in [-0.15, -0.1) is 0 Å². The van der Waals surface area contributed by atoms with Crippen LogP contribution in [0.15, 0.2) is 66.9 Å². The van der Waals surface area contributed by atoms with E-state index in [1.54, 1.807) is 14.2 Å². The standard InChI is InChI=1S/C26H30N4O2/c1-5-30(17-24(31)27-3)25-22-9-7-6-8-19(22)16-23(29-25)28-18(2)26(14-15-26)20-10-12-21(32-4)13-11-20/h6-13,16H,2,5,14-15,17H2,1,3-4H3,(H,27,31)(H,28,29). The zero-order chi connectivity index (χ0) is 22.7. The molecule has 0 aliphatic heterocycles. The number of ether oxygens (including phenoxy) is 1. The number of aromatic nitrogens is 1. The van der Waals surface area contributed by atoms with Crippen LogP contribution in [0, 0.1) is 0 Å². The van der Waals surface area contributed by atoms with Gasteiger partial charge in [0.15, 0.2) is 0 Å². The smallest absolute Gasteiger partial charge is 0.239 e. The predicted molar refractivity (Wildman–Crippen MR) is 130 cm³/mol. The van der Waals surface area contributed by atoms with Crippen LogP contribution in [0.5, 0.6) is 5.75 Å². The molecule has 1 fully saturated rings. The molecular weight excluding hydrogens is 400 g/mol. The average molecular weight is 431 g/mol. The number of likely N-dealkylation sites (N-methyl/N-ethyl adjacent to an activating group) is 2. The number of hydrogen-bond acceptors (Lipinski definition) is 5. The number of anilines is 2. The van der Waals surface area contributed by atoms with Gasteiger partial charge in [0.05, 0.1) is 13.7 Å². The molecule has 1 aromatic heterocycles. The van der Waals surface area contributed by atoms with Crippen molar-refractivity contribution in [1.82, 2.24) is 10.3 Å². The fraction of sp³-hybridized carbons (Fsp3) is 0.308. The van der Waals surface area contributed by atoms with Crippen molar-refractivity contribution in [3.8, 4) is 5.75 Å². The molecule has 2 aromatic carbocycles. The van der Waals surface area contributed by atoms with E-state index >= 15 is 0 Å². The molecule has 0 unspecified atom stereocenters. The van der Waals surface area contributed by atoms with Crippen LogP contribution in [-0.2, 0) is 10.2 Å². The summed E-state index contributed by atoms with van der Waals surface area (Å²) in [4.78, 5) is 19.0. The van der Waals surface area contributed by atoms with Crippen LogP contribution in [0.4, 0.5) is 11.6 Å². The lowest BCUT2D eigenvalue weighted by Gasteiger charge is -2.25. The average Bonchev–Trinajstić information content (AvgIpc) is 3.64. The van der Waals surface area contributed by atoms with E-state index < -0.39 is 0 Å². The maximum Gasteiger partial charge on any atom is 0.239 e. The molecule has 0 spiro atoms. The number of nitrogens with zero attached hydrogens (tertiary/aromatic N) is 2. The van der Waals surface area contributed by atoms with Crippen LogP contribution < -0.4 is 20.3 Å². The Morgan fingerprint density at radius 2 is 1.91 bits per heavy atom. The number of allylic oxidation sites excluding steroid dienone is 1. The molecule has 1 heterocycles. The van der Waals surface area contributed by atoms with E-state index in [4.69, 9.17) is 9.72 Å². The van der Waals surface area contributed by atoms with Gasteiger partial charge in [0.1, 0.15) is 17.4 Å². The van der Waals surface area contributed by atoms with E-state index in [2.05, 4.69) is 35.4 Å². The Labute approximate surface area is 189 Å². The number of nitrogens with one attached hydrogen (secondary N) is 2. The molecule has 6 nitrogen and oxygen atoms in total. The SMILES string of the molecule is C=C(Nc1cc2ccccc2c(N(CC)CC(=O)NC)n1)C1(c2ccc(OC)cc2)CC1. The van der Waals surface area contributed by atoms with Gasteiger partial charge < -0.3 is 20.3 Å². The zero-order valence-electron chi connectivity index (χ0n) is 18.9. The number of pyridine rings is 1. The maximum absolute atomic E-state index is 12.1. The van der Waals surface area contributed by atoms with Gasteiger partial charge >= 0.3 is 0 Å². The van der Waals surface area contributed by atoms with Crippen LogP contribution in [0.2, 0.25) is 0 Å².